The summed E-state index contributed by atoms with van der Waals surface area (Å²) < 4.78 is 4.52. The van der Waals surface area contributed by atoms with Gasteiger partial charge in [0.25, 0.3) is 5.91 Å². The maximum absolute atomic E-state index is 11.3. The van der Waals surface area contributed by atoms with Gasteiger partial charge in [-0.05, 0) is 12.8 Å². The van der Waals surface area contributed by atoms with Gasteiger partial charge in [-0.25, -0.2) is 9.59 Å². The number of carbonyl (C=O) groups is 3. The second-order valence-electron chi connectivity index (χ2n) is 3.42. The van der Waals surface area contributed by atoms with Crippen molar-refractivity contribution in [3.05, 3.63) is 0 Å². The van der Waals surface area contributed by atoms with Gasteiger partial charge in [-0.2, -0.15) is 0 Å². The maximum Gasteiger partial charge on any atom is 0.329 e. The van der Waals surface area contributed by atoms with Gasteiger partial charge in [0.15, 0.2) is 0 Å². The van der Waals surface area contributed by atoms with Crippen LogP contribution in [0.1, 0.15) is 26.7 Å². The molecular weight excluding hydrogens is 228 g/mol. The van der Waals surface area contributed by atoms with Crippen molar-refractivity contribution in [1.82, 2.24) is 10.6 Å². The summed E-state index contributed by atoms with van der Waals surface area (Å²) in [6.07, 6.45) is 1.54. The normalized spacial score (nSPS) is 10.1. The highest BCUT2D eigenvalue weighted by Crippen LogP contribution is 1.94. The van der Waals surface area contributed by atoms with Crippen LogP contribution in [0.2, 0.25) is 0 Å². The summed E-state index contributed by atoms with van der Waals surface area (Å²) >= 11 is 0. The minimum absolute atomic E-state index is 0.0164. The van der Waals surface area contributed by atoms with Crippen LogP contribution in [-0.4, -0.2) is 42.3 Å². The molecule has 7 nitrogen and oxygen atoms in total. The molecule has 3 amide bonds. The van der Waals surface area contributed by atoms with E-state index in [2.05, 4.69) is 10.1 Å². The van der Waals surface area contributed by atoms with Crippen molar-refractivity contribution in [2.45, 2.75) is 32.7 Å². The van der Waals surface area contributed by atoms with Crippen LogP contribution in [0.25, 0.3) is 0 Å². The van der Waals surface area contributed by atoms with Crippen molar-refractivity contribution in [3.63, 3.8) is 0 Å². The lowest BCUT2D eigenvalue weighted by Crippen LogP contribution is -2.45. The number of rotatable bonds is 7. The van der Waals surface area contributed by atoms with Gasteiger partial charge < -0.3 is 15.2 Å². The molecule has 0 fully saturated rings. The molecule has 0 heterocycles. The Balaban J connectivity index is 3.80. The lowest BCUT2D eigenvalue weighted by molar-refractivity contribution is -0.143. The Labute approximate surface area is 99.5 Å². The predicted octanol–water partition coefficient (Wildman–Crippen LogP) is 0.102. The first-order chi connectivity index (χ1) is 7.99. The Morgan fingerprint density at radius 1 is 1.18 bits per heavy atom. The molecule has 0 saturated carbocycles. The Kier molecular flexibility index (Phi) is 7.70. The average molecular weight is 246 g/mol. The van der Waals surface area contributed by atoms with E-state index in [-0.39, 0.29) is 6.04 Å². The van der Waals surface area contributed by atoms with E-state index in [9.17, 15) is 14.4 Å². The lowest BCUT2D eigenvalue weighted by Gasteiger charge is -2.14. The third-order valence-corrected chi connectivity index (χ3v) is 2.03. The van der Waals surface area contributed by atoms with E-state index in [4.69, 9.17) is 5.11 Å². The van der Waals surface area contributed by atoms with E-state index in [1.54, 1.807) is 0 Å². The molecule has 0 aromatic carbocycles. The van der Waals surface area contributed by atoms with Crippen LogP contribution in [0.15, 0.2) is 0 Å². The zero-order valence-corrected chi connectivity index (χ0v) is 9.99. The molecule has 7 heteroatoms. The fourth-order valence-corrected chi connectivity index (χ4v) is 1.11. The van der Waals surface area contributed by atoms with Crippen LogP contribution in [0.5, 0.6) is 0 Å². The quantitative estimate of drug-likeness (QED) is 0.591. The summed E-state index contributed by atoms with van der Waals surface area (Å²) in [5.74, 6) is -1.84. The van der Waals surface area contributed by atoms with Crippen LogP contribution in [0.4, 0.5) is 4.79 Å². The van der Waals surface area contributed by atoms with Crippen LogP contribution < -0.4 is 10.6 Å². The molecule has 0 aliphatic rings. The van der Waals surface area contributed by atoms with Gasteiger partial charge in [0.05, 0.1) is 0 Å². The smallest absolute Gasteiger partial charge is 0.329 e. The highest BCUT2D eigenvalue weighted by Gasteiger charge is 2.11. The molecule has 3 N–H and O–H groups in total. The molecule has 0 unspecified atom stereocenters. The molecule has 17 heavy (non-hydrogen) atoms. The van der Waals surface area contributed by atoms with E-state index in [0.29, 0.717) is 0 Å². The largest absolute Gasteiger partial charge is 0.480 e. The van der Waals surface area contributed by atoms with Crippen molar-refractivity contribution in [2.24, 2.45) is 0 Å². The lowest BCUT2D eigenvalue weighted by atomic mass is 10.2. The fraction of sp³-hybridized carbons (Fsp3) is 0.700. The van der Waals surface area contributed by atoms with Crippen molar-refractivity contribution in [3.8, 4) is 0 Å². The summed E-state index contributed by atoms with van der Waals surface area (Å²) in [5, 5.41) is 12.9. The molecule has 0 aromatic rings. The Morgan fingerprint density at radius 3 is 2.24 bits per heavy atom. The zero-order chi connectivity index (χ0) is 13.3. The number of hydrogen-bond donors (Lipinski definition) is 3. The van der Waals surface area contributed by atoms with Gasteiger partial charge in [0.1, 0.15) is 13.2 Å². The molecule has 98 valence electrons. The van der Waals surface area contributed by atoms with Gasteiger partial charge in [0, 0.05) is 6.04 Å². The maximum atomic E-state index is 11.3. The topological polar surface area (TPSA) is 105 Å². The standard InChI is InChI=1S/C10H18N2O5/c1-3-7(4-2)11-10(16)12-8(13)5-17-6-9(14)15/h7H,3-6H2,1-2H3,(H,14,15)(H2,11,12,13,16). The van der Waals surface area contributed by atoms with Gasteiger partial charge in [-0.15, -0.1) is 0 Å². The van der Waals surface area contributed by atoms with E-state index in [1.165, 1.54) is 0 Å². The minimum Gasteiger partial charge on any atom is -0.480 e. The average Bonchev–Trinajstić information content (AvgIpc) is 2.25. The number of ether oxygens (including phenoxy) is 1. The number of amides is 3. The molecule has 0 rings (SSSR count). The van der Waals surface area contributed by atoms with Gasteiger partial charge in [-0.1, -0.05) is 13.8 Å². The molecule has 0 aliphatic heterocycles. The number of hydrogen-bond acceptors (Lipinski definition) is 4. The summed E-state index contributed by atoms with van der Waals surface area (Å²) in [6, 6.07) is -0.578. The Morgan fingerprint density at radius 2 is 1.76 bits per heavy atom. The molecule has 0 saturated heterocycles. The van der Waals surface area contributed by atoms with Crippen LogP contribution in [0, 0.1) is 0 Å². The number of nitrogens with one attached hydrogen (secondary N) is 2. The Bertz CT molecular complexity index is 276. The van der Waals surface area contributed by atoms with E-state index < -0.39 is 31.1 Å². The molecule has 0 aliphatic carbocycles. The highest BCUT2D eigenvalue weighted by molar-refractivity contribution is 5.95. The second-order valence-corrected chi connectivity index (χ2v) is 3.42. The van der Waals surface area contributed by atoms with Crippen molar-refractivity contribution in [1.29, 1.82) is 0 Å². The minimum atomic E-state index is -1.17. The van der Waals surface area contributed by atoms with Crippen molar-refractivity contribution < 1.29 is 24.2 Å². The fourth-order valence-electron chi connectivity index (χ4n) is 1.11. The predicted molar refractivity (Wildman–Crippen MR) is 59.5 cm³/mol. The number of carbonyl (C=O) groups excluding carboxylic acids is 2. The van der Waals surface area contributed by atoms with Crippen LogP contribution >= 0.6 is 0 Å². The molecule has 0 atom stereocenters. The molecule has 0 radical (unpaired) electrons. The number of imide groups is 1. The third-order valence-electron chi connectivity index (χ3n) is 2.03. The molecule has 0 spiro atoms. The molecule has 0 bridgehead atoms. The SMILES string of the molecule is CCC(CC)NC(=O)NC(=O)COCC(=O)O. The van der Waals surface area contributed by atoms with Crippen LogP contribution in [-0.2, 0) is 14.3 Å². The third kappa shape index (κ3) is 8.21. The number of carboxylic acid groups (broad SMARTS) is 1. The second kappa shape index (κ2) is 8.51. The Hall–Kier alpha value is -1.63. The van der Waals surface area contributed by atoms with Gasteiger partial charge in [-0.3, -0.25) is 10.1 Å². The van der Waals surface area contributed by atoms with Crippen LogP contribution in [0.3, 0.4) is 0 Å². The summed E-state index contributed by atoms with van der Waals surface area (Å²) in [6.45, 7) is 2.82. The van der Waals surface area contributed by atoms with Gasteiger partial charge >= 0.3 is 12.0 Å². The molecule has 0 aromatic heterocycles. The monoisotopic (exact) mass is 246 g/mol. The van der Waals surface area contributed by atoms with E-state index in [0.717, 1.165) is 12.8 Å². The van der Waals surface area contributed by atoms with E-state index in [1.807, 2.05) is 19.2 Å². The highest BCUT2D eigenvalue weighted by atomic mass is 16.5. The van der Waals surface area contributed by atoms with Crippen molar-refractivity contribution >= 4 is 17.9 Å². The van der Waals surface area contributed by atoms with Gasteiger partial charge in [0.2, 0.25) is 0 Å². The zero-order valence-electron chi connectivity index (χ0n) is 9.99. The molecular formula is C10H18N2O5. The van der Waals surface area contributed by atoms with E-state index >= 15 is 0 Å². The first kappa shape index (κ1) is 15.4. The first-order valence-electron chi connectivity index (χ1n) is 5.39. The summed E-state index contributed by atoms with van der Waals surface area (Å²) in [5.41, 5.74) is 0. The van der Waals surface area contributed by atoms with Crippen molar-refractivity contribution in [2.75, 3.05) is 13.2 Å². The number of carboxylic acids is 1. The number of aliphatic carboxylic acids is 1. The first-order valence-corrected chi connectivity index (χ1v) is 5.39. The number of urea groups is 1. The summed E-state index contributed by atoms with van der Waals surface area (Å²) in [4.78, 5) is 32.5. The summed E-state index contributed by atoms with van der Waals surface area (Å²) in [7, 11) is 0.